The minimum absolute atomic E-state index is 0.0533. The Bertz CT molecular complexity index is 525. The molecule has 23 heavy (non-hydrogen) atoms. The predicted molar refractivity (Wildman–Crippen MR) is 86.9 cm³/mol. The van der Waals surface area contributed by atoms with Crippen LogP contribution in [0.1, 0.15) is 72.1 Å². The van der Waals surface area contributed by atoms with E-state index in [9.17, 15) is 14.7 Å². The van der Waals surface area contributed by atoms with Gasteiger partial charge in [0.05, 0.1) is 5.60 Å². The van der Waals surface area contributed by atoms with Crippen molar-refractivity contribution in [2.75, 3.05) is 0 Å². The average molecular weight is 322 g/mol. The highest BCUT2D eigenvalue weighted by Crippen LogP contribution is 2.65. The van der Waals surface area contributed by atoms with Gasteiger partial charge in [-0.2, -0.15) is 0 Å². The van der Waals surface area contributed by atoms with Crippen LogP contribution in [-0.4, -0.2) is 27.6 Å². The van der Waals surface area contributed by atoms with Crippen LogP contribution in [0.2, 0.25) is 0 Å². The van der Waals surface area contributed by atoms with Gasteiger partial charge in [0, 0.05) is 18.3 Å². The molecule has 0 radical (unpaired) electrons. The summed E-state index contributed by atoms with van der Waals surface area (Å²) in [5.74, 6) is 0.654. The lowest BCUT2D eigenvalue weighted by Gasteiger charge is -2.56. The number of carbonyl (C=O) groups excluding carboxylic acids is 1. The molecule has 0 spiro atoms. The first kappa shape index (κ1) is 16.9. The molecule has 0 aromatic heterocycles. The molecule has 0 heterocycles. The molecule has 3 saturated carbocycles. The molecule has 4 heteroatoms. The third kappa shape index (κ3) is 2.36. The number of carboxylic acid groups (broad SMARTS) is 1. The maximum Gasteiger partial charge on any atom is 0.303 e. The summed E-state index contributed by atoms with van der Waals surface area (Å²) in [5.41, 5.74) is -1.15. The highest BCUT2D eigenvalue weighted by atomic mass is 16.4. The van der Waals surface area contributed by atoms with Crippen LogP contribution in [0.5, 0.6) is 0 Å². The number of Topliss-reactive ketones (excluding diaryl/α,β-unsaturated/α-hetero) is 1. The van der Waals surface area contributed by atoms with Gasteiger partial charge in [-0.15, -0.1) is 0 Å². The summed E-state index contributed by atoms with van der Waals surface area (Å²) in [7, 11) is 0. The second-order valence-corrected chi connectivity index (χ2v) is 8.92. The first-order chi connectivity index (χ1) is 10.6. The second-order valence-electron chi connectivity index (χ2n) is 8.92. The van der Waals surface area contributed by atoms with E-state index in [2.05, 4.69) is 6.92 Å². The highest BCUT2D eigenvalue weighted by Gasteiger charge is 2.62. The molecule has 6 atom stereocenters. The van der Waals surface area contributed by atoms with E-state index in [4.69, 9.17) is 5.11 Å². The van der Waals surface area contributed by atoms with Crippen LogP contribution >= 0.6 is 0 Å². The van der Waals surface area contributed by atoms with Gasteiger partial charge in [0.1, 0.15) is 5.78 Å². The maximum absolute atomic E-state index is 12.6. The van der Waals surface area contributed by atoms with Crippen LogP contribution in [-0.2, 0) is 9.59 Å². The first-order valence-corrected chi connectivity index (χ1v) is 9.09. The van der Waals surface area contributed by atoms with Crippen molar-refractivity contribution in [1.29, 1.82) is 0 Å². The summed E-state index contributed by atoms with van der Waals surface area (Å²) in [4.78, 5) is 23.7. The van der Waals surface area contributed by atoms with Crippen molar-refractivity contribution in [2.45, 2.75) is 77.7 Å². The first-order valence-electron chi connectivity index (χ1n) is 9.09. The molecule has 0 unspecified atom stereocenters. The fourth-order valence-corrected chi connectivity index (χ4v) is 6.21. The number of carbonyl (C=O) groups is 2. The van der Waals surface area contributed by atoms with Crippen LogP contribution in [0.25, 0.3) is 0 Å². The van der Waals surface area contributed by atoms with Crippen LogP contribution in [0, 0.1) is 28.6 Å². The number of aliphatic carboxylic acids is 1. The molecule has 3 aliphatic rings. The molecule has 3 aliphatic carbocycles. The molecule has 3 rings (SSSR count). The number of carboxylic acids is 1. The molecular weight excluding hydrogens is 292 g/mol. The van der Waals surface area contributed by atoms with Crippen molar-refractivity contribution in [3.8, 4) is 0 Å². The normalized spacial score (nSPS) is 49.6. The van der Waals surface area contributed by atoms with Gasteiger partial charge in [-0.25, -0.2) is 0 Å². The largest absolute Gasteiger partial charge is 0.481 e. The van der Waals surface area contributed by atoms with Crippen LogP contribution in [0.3, 0.4) is 0 Å². The summed E-state index contributed by atoms with van der Waals surface area (Å²) in [6.45, 7) is 6.21. The third-order valence-corrected chi connectivity index (χ3v) is 8.02. The van der Waals surface area contributed by atoms with Crippen LogP contribution < -0.4 is 0 Å². The Morgan fingerprint density at radius 3 is 2.43 bits per heavy atom. The molecule has 0 aliphatic heterocycles. The van der Waals surface area contributed by atoms with Gasteiger partial charge in [-0.3, -0.25) is 9.59 Å². The van der Waals surface area contributed by atoms with E-state index in [1.54, 1.807) is 0 Å². The predicted octanol–water partition coefficient (Wildman–Crippen LogP) is 3.41. The van der Waals surface area contributed by atoms with Crippen molar-refractivity contribution in [1.82, 2.24) is 0 Å². The zero-order valence-corrected chi connectivity index (χ0v) is 14.6. The molecule has 0 aromatic carbocycles. The van der Waals surface area contributed by atoms with Crippen LogP contribution in [0.4, 0.5) is 0 Å². The number of hydrogen-bond donors (Lipinski definition) is 2. The highest BCUT2D eigenvalue weighted by molar-refractivity contribution is 5.86. The summed E-state index contributed by atoms with van der Waals surface area (Å²) in [6.07, 6.45) is 5.80. The third-order valence-electron chi connectivity index (χ3n) is 8.02. The second kappa shape index (κ2) is 5.30. The Kier molecular flexibility index (Phi) is 3.90. The molecule has 4 nitrogen and oxygen atoms in total. The van der Waals surface area contributed by atoms with E-state index in [1.807, 2.05) is 13.8 Å². The van der Waals surface area contributed by atoms with E-state index in [1.165, 1.54) is 0 Å². The summed E-state index contributed by atoms with van der Waals surface area (Å²) in [5, 5.41) is 19.9. The molecule has 0 amide bonds. The quantitative estimate of drug-likeness (QED) is 0.835. The topological polar surface area (TPSA) is 74.6 Å². The van der Waals surface area contributed by atoms with Crippen molar-refractivity contribution < 1.29 is 19.8 Å². The lowest BCUT2D eigenvalue weighted by molar-refractivity contribution is -0.154. The average Bonchev–Trinajstić information content (AvgIpc) is 2.72. The van der Waals surface area contributed by atoms with E-state index < -0.39 is 17.0 Å². The van der Waals surface area contributed by atoms with E-state index in [-0.39, 0.29) is 23.5 Å². The monoisotopic (exact) mass is 322 g/mol. The van der Waals surface area contributed by atoms with Gasteiger partial charge in [0.25, 0.3) is 0 Å². The van der Waals surface area contributed by atoms with E-state index in [0.29, 0.717) is 24.7 Å². The SMILES string of the molecule is C[C@]1(CCC(=O)O)C(=O)CC[C@@H]2[C@@H]1CC[C@@]1(C)[C@H]2CC[C@]1(C)O. The molecule has 0 aromatic rings. The Morgan fingerprint density at radius 1 is 1.13 bits per heavy atom. The molecule has 130 valence electrons. The van der Waals surface area contributed by atoms with Crippen molar-refractivity contribution in [3.63, 3.8) is 0 Å². The van der Waals surface area contributed by atoms with Gasteiger partial charge in [-0.1, -0.05) is 13.8 Å². The van der Waals surface area contributed by atoms with Crippen LogP contribution in [0.15, 0.2) is 0 Å². The van der Waals surface area contributed by atoms with Gasteiger partial charge in [0.15, 0.2) is 0 Å². The number of aliphatic hydroxyl groups is 1. The lowest BCUT2D eigenvalue weighted by atomic mass is 9.48. The Hall–Kier alpha value is -0.900. The van der Waals surface area contributed by atoms with E-state index >= 15 is 0 Å². The molecule has 0 bridgehead atoms. The standard InChI is InChI=1S/C19H30O4/c1-17(9-8-16(21)22)13-6-10-18(2)14(7-11-19(18,3)23)12(13)4-5-15(17)20/h12-14,23H,4-11H2,1-3H3,(H,21,22)/t12-,13+,14+,17-,18+,19+/m1/s1. The smallest absolute Gasteiger partial charge is 0.303 e. The Morgan fingerprint density at radius 2 is 1.78 bits per heavy atom. The van der Waals surface area contributed by atoms with Gasteiger partial charge in [0.2, 0.25) is 0 Å². The Labute approximate surface area is 138 Å². The summed E-state index contributed by atoms with van der Waals surface area (Å²) in [6, 6.07) is 0. The molecule has 0 saturated heterocycles. The van der Waals surface area contributed by atoms with Crippen molar-refractivity contribution in [2.24, 2.45) is 28.6 Å². The van der Waals surface area contributed by atoms with Gasteiger partial charge >= 0.3 is 5.97 Å². The number of fused-ring (bicyclic) bond motifs is 3. The molecular formula is C19H30O4. The number of rotatable bonds is 3. The zero-order valence-electron chi connectivity index (χ0n) is 14.6. The fourth-order valence-electron chi connectivity index (χ4n) is 6.21. The number of ketones is 1. The van der Waals surface area contributed by atoms with Crippen molar-refractivity contribution in [3.05, 3.63) is 0 Å². The minimum Gasteiger partial charge on any atom is -0.481 e. The van der Waals surface area contributed by atoms with Gasteiger partial charge < -0.3 is 10.2 Å². The van der Waals surface area contributed by atoms with Gasteiger partial charge in [-0.05, 0) is 68.6 Å². The minimum atomic E-state index is -0.814. The molecule has 2 N–H and O–H groups in total. The zero-order chi connectivity index (χ0) is 17.0. The van der Waals surface area contributed by atoms with E-state index in [0.717, 1.165) is 32.1 Å². The number of hydrogen-bond acceptors (Lipinski definition) is 3. The summed E-state index contributed by atoms with van der Waals surface area (Å²) < 4.78 is 0. The lowest BCUT2D eigenvalue weighted by Crippen LogP contribution is -2.55. The van der Waals surface area contributed by atoms with Crippen molar-refractivity contribution >= 4 is 11.8 Å². The summed E-state index contributed by atoms with van der Waals surface area (Å²) >= 11 is 0. The maximum atomic E-state index is 12.6. The Balaban J connectivity index is 1.88. The fraction of sp³-hybridized carbons (Fsp3) is 0.895. The molecule has 3 fully saturated rings.